The summed E-state index contributed by atoms with van der Waals surface area (Å²) in [6, 6.07) is 0. The highest BCUT2D eigenvalue weighted by atomic mass is 35.5. The van der Waals surface area contributed by atoms with Crippen molar-refractivity contribution in [2.24, 2.45) is 0 Å². The zero-order valence-corrected chi connectivity index (χ0v) is 6.44. The van der Waals surface area contributed by atoms with Crippen molar-refractivity contribution in [1.29, 1.82) is 0 Å². The Kier molecular flexibility index (Phi) is 1.99. The number of halogens is 1. The summed E-state index contributed by atoms with van der Waals surface area (Å²) in [5.74, 6) is -0.127. The summed E-state index contributed by atoms with van der Waals surface area (Å²) in [5.41, 5.74) is 0. The van der Waals surface area contributed by atoms with E-state index in [9.17, 15) is 0 Å². The van der Waals surface area contributed by atoms with Crippen LogP contribution in [0.5, 0.6) is 0 Å². The van der Waals surface area contributed by atoms with E-state index >= 15 is 0 Å². The molecule has 0 aromatic heterocycles. The Hall–Kier alpha value is 0.210. The van der Waals surface area contributed by atoms with Crippen molar-refractivity contribution in [1.82, 2.24) is 0 Å². The lowest BCUT2D eigenvalue weighted by molar-refractivity contribution is -0.133. The highest BCUT2D eigenvalue weighted by Gasteiger charge is 2.33. The molecule has 0 spiro atoms. The summed E-state index contributed by atoms with van der Waals surface area (Å²) in [5, 5.41) is 0. The number of hydrogen-bond donors (Lipinski definition) is 0. The van der Waals surface area contributed by atoms with E-state index in [2.05, 4.69) is 0 Å². The molecule has 1 heterocycles. The molecule has 0 aromatic carbocycles. The molecule has 0 saturated carbocycles. The summed E-state index contributed by atoms with van der Waals surface area (Å²) in [6.07, 6.45) is 0.189. The second kappa shape index (κ2) is 2.45. The van der Waals surface area contributed by atoms with E-state index in [0.717, 1.165) is 0 Å². The van der Waals surface area contributed by atoms with Crippen LogP contribution in [0.1, 0.15) is 13.8 Å². The Labute approximate surface area is 60.1 Å². The van der Waals surface area contributed by atoms with Crippen LogP contribution in [0.25, 0.3) is 0 Å². The smallest absolute Gasteiger partial charge is 0.179 e. The standard InChI is InChI=1S/C6H11ClO2/c1-5-3-8-6(2,4-7)9-5/h5H,3-4H2,1-2H3/t5-,6-/m1/s1. The van der Waals surface area contributed by atoms with Crippen LogP contribution in [0.4, 0.5) is 0 Å². The lowest BCUT2D eigenvalue weighted by atomic mass is 10.4. The van der Waals surface area contributed by atoms with Crippen LogP contribution in [0.2, 0.25) is 0 Å². The van der Waals surface area contributed by atoms with E-state index in [4.69, 9.17) is 21.1 Å². The van der Waals surface area contributed by atoms with Crippen molar-refractivity contribution in [3.05, 3.63) is 0 Å². The summed E-state index contributed by atoms with van der Waals surface area (Å²) < 4.78 is 10.6. The molecule has 0 N–H and O–H groups in total. The molecule has 1 aliphatic rings. The molecule has 2 atom stereocenters. The summed E-state index contributed by atoms with van der Waals surface area (Å²) >= 11 is 5.56. The fraction of sp³-hybridized carbons (Fsp3) is 1.00. The molecular formula is C6H11ClO2. The largest absolute Gasteiger partial charge is 0.346 e. The molecule has 0 aromatic rings. The van der Waals surface area contributed by atoms with E-state index in [1.165, 1.54) is 0 Å². The summed E-state index contributed by atoms with van der Waals surface area (Å²) in [7, 11) is 0. The van der Waals surface area contributed by atoms with Crippen LogP contribution in [0.15, 0.2) is 0 Å². The lowest BCUT2D eigenvalue weighted by Gasteiger charge is -2.18. The van der Waals surface area contributed by atoms with E-state index in [1.54, 1.807) is 0 Å². The van der Waals surface area contributed by atoms with Crippen LogP contribution in [-0.4, -0.2) is 24.4 Å². The molecule has 0 bridgehead atoms. The van der Waals surface area contributed by atoms with Crippen molar-refractivity contribution in [3.8, 4) is 0 Å². The quantitative estimate of drug-likeness (QED) is 0.526. The molecule has 0 radical (unpaired) electrons. The van der Waals surface area contributed by atoms with Gasteiger partial charge in [-0.3, -0.25) is 0 Å². The Bertz CT molecular complexity index is 107. The number of hydrogen-bond acceptors (Lipinski definition) is 2. The molecular weight excluding hydrogens is 140 g/mol. The Morgan fingerprint density at radius 3 is 2.67 bits per heavy atom. The maximum atomic E-state index is 5.56. The molecule has 54 valence electrons. The minimum absolute atomic E-state index is 0.189. The maximum Gasteiger partial charge on any atom is 0.179 e. The van der Waals surface area contributed by atoms with Gasteiger partial charge in [-0.05, 0) is 13.8 Å². The van der Waals surface area contributed by atoms with Gasteiger partial charge in [0.15, 0.2) is 5.79 Å². The number of alkyl halides is 1. The van der Waals surface area contributed by atoms with E-state index in [-0.39, 0.29) is 6.10 Å². The third-order valence-electron chi connectivity index (χ3n) is 1.32. The third-order valence-corrected chi connectivity index (χ3v) is 1.80. The van der Waals surface area contributed by atoms with Gasteiger partial charge in [-0.1, -0.05) is 0 Å². The van der Waals surface area contributed by atoms with Gasteiger partial charge in [0.2, 0.25) is 0 Å². The predicted octanol–water partition coefficient (Wildman–Crippen LogP) is 1.38. The minimum Gasteiger partial charge on any atom is -0.346 e. The van der Waals surface area contributed by atoms with E-state index in [0.29, 0.717) is 12.5 Å². The van der Waals surface area contributed by atoms with Gasteiger partial charge < -0.3 is 9.47 Å². The molecule has 1 saturated heterocycles. The predicted molar refractivity (Wildman–Crippen MR) is 35.6 cm³/mol. The third kappa shape index (κ3) is 1.57. The van der Waals surface area contributed by atoms with Crippen LogP contribution in [0.3, 0.4) is 0 Å². The van der Waals surface area contributed by atoms with Crippen molar-refractivity contribution in [3.63, 3.8) is 0 Å². The van der Waals surface area contributed by atoms with Crippen LogP contribution < -0.4 is 0 Å². The van der Waals surface area contributed by atoms with Crippen molar-refractivity contribution in [2.75, 3.05) is 12.5 Å². The van der Waals surface area contributed by atoms with Crippen molar-refractivity contribution >= 4 is 11.6 Å². The monoisotopic (exact) mass is 150 g/mol. The first-order valence-electron chi connectivity index (χ1n) is 3.04. The molecule has 0 aliphatic carbocycles. The van der Waals surface area contributed by atoms with Gasteiger partial charge in [0.1, 0.15) is 0 Å². The van der Waals surface area contributed by atoms with E-state index < -0.39 is 5.79 Å². The zero-order valence-electron chi connectivity index (χ0n) is 5.69. The van der Waals surface area contributed by atoms with E-state index in [1.807, 2.05) is 13.8 Å². The molecule has 1 rings (SSSR count). The first-order chi connectivity index (χ1) is 4.16. The molecule has 1 aliphatic heterocycles. The first kappa shape index (κ1) is 7.32. The molecule has 0 unspecified atom stereocenters. The van der Waals surface area contributed by atoms with Crippen molar-refractivity contribution in [2.45, 2.75) is 25.7 Å². The molecule has 9 heavy (non-hydrogen) atoms. The Morgan fingerprint density at radius 2 is 2.44 bits per heavy atom. The minimum atomic E-state index is -0.527. The van der Waals surface area contributed by atoms with Gasteiger partial charge in [0, 0.05) is 0 Å². The maximum absolute atomic E-state index is 5.56. The van der Waals surface area contributed by atoms with Gasteiger partial charge >= 0.3 is 0 Å². The summed E-state index contributed by atoms with van der Waals surface area (Å²) in [6.45, 7) is 4.48. The fourth-order valence-electron chi connectivity index (χ4n) is 0.857. The van der Waals surface area contributed by atoms with Gasteiger partial charge in [0.25, 0.3) is 0 Å². The SMILES string of the molecule is C[C@@H]1CO[C@@](C)(CCl)O1. The molecule has 2 nitrogen and oxygen atoms in total. The number of rotatable bonds is 1. The van der Waals surface area contributed by atoms with Crippen LogP contribution in [-0.2, 0) is 9.47 Å². The molecule has 3 heteroatoms. The fourth-order valence-corrected chi connectivity index (χ4v) is 0.997. The average Bonchev–Trinajstić information content (AvgIpc) is 2.13. The first-order valence-corrected chi connectivity index (χ1v) is 3.57. The van der Waals surface area contributed by atoms with Crippen LogP contribution >= 0.6 is 11.6 Å². The average molecular weight is 151 g/mol. The molecule has 0 amide bonds. The van der Waals surface area contributed by atoms with Gasteiger partial charge in [-0.25, -0.2) is 0 Å². The van der Waals surface area contributed by atoms with Crippen molar-refractivity contribution < 1.29 is 9.47 Å². The Morgan fingerprint density at radius 1 is 1.78 bits per heavy atom. The highest BCUT2D eigenvalue weighted by Crippen LogP contribution is 2.23. The van der Waals surface area contributed by atoms with Gasteiger partial charge in [-0.2, -0.15) is 0 Å². The number of ether oxygens (including phenoxy) is 2. The van der Waals surface area contributed by atoms with Crippen LogP contribution in [0, 0.1) is 0 Å². The molecule has 1 fully saturated rings. The normalized spacial score (nSPS) is 43.7. The lowest BCUT2D eigenvalue weighted by Crippen LogP contribution is -2.28. The summed E-state index contributed by atoms with van der Waals surface area (Å²) in [4.78, 5) is 0. The second-order valence-electron chi connectivity index (χ2n) is 2.51. The van der Waals surface area contributed by atoms with Gasteiger partial charge in [-0.15, -0.1) is 11.6 Å². The highest BCUT2D eigenvalue weighted by molar-refractivity contribution is 6.18. The zero-order chi connectivity index (χ0) is 6.91. The van der Waals surface area contributed by atoms with Gasteiger partial charge in [0.05, 0.1) is 18.6 Å². The second-order valence-corrected chi connectivity index (χ2v) is 2.77. The Balaban J connectivity index is 2.45. The topological polar surface area (TPSA) is 18.5 Å².